The lowest BCUT2D eigenvalue weighted by atomic mass is 10.1. The Morgan fingerprint density at radius 3 is 2.57 bits per heavy atom. The fourth-order valence-electron chi connectivity index (χ4n) is 2.72. The van der Waals surface area contributed by atoms with Crippen LogP contribution < -0.4 is 10.6 Å². The summed E-state index contributed by atoms with van der Waals surface area (Å²) in [5.74, 6) is -0.578. The van der Waals surface area contributed by atoms with Crippen LogP contribution in [0.3, 0.4) is 0 Å². The Hall–Kier alpha value is -2.57. The van der Waals surface area contributed by atoms with Crippen LogP contribution in [-0.2, 0) is 13.1 Å². The molecule has 3 rings (SSSR count). The molecule has 3 aromatic rings. The molecule has 0 saturated heterocycles. The van der Waals surface area contributed by atoms with Crippen molar-refractivity contribution >= 4 is 29.2 Å². The summed E-state index contributed by atoms with van der Waals surface area (Å²) in [7, 11) is 0. The highest BCUT2D eigenvalue weighted by Gasteiger charge is 2.15. The molecule has 8 heteroatoms. The standard InChI is InChI=1S/C20H19Cl2FN4O/c1-13(16-9-19(23)18(22)10-17(16)21)26-20(28)24-11-14-3-5-15(6-4-14)12-27-8-2-7-25-27/h2-10,13H,11-12H2,1H3,(H2,24,26,28). The van der Waals surface area contributed by atoms with Crippen LogP contribution in [0.15, 0.2) is 54.9 Å². The monoisotopic (exact) mass is 420 g/mol. The third-order valence-electron chi connectivity index (χ3n) is 4.23. The van der Waals surface area contributed by atoms with Gasteiger partial charge in [0.15, 0.2) is 0 Å². The predicted molar refractivity (Wildman–Crippen MR) is 108 cm³/mol. The summed E-state index contributed by atoms with van der Waals surface area (Å²) in [6.45, 7) is 2.78. The van der Waals surface area contributed by atoms with Crippen LogP contribution in [0.5, 0.6) is 0 Å². The molecule has 0 radical (unpaired) electrons. The van der Waals surface area contributed by atoms with Gasteiger partial charge in [-0.25, -0.2) is 9.18 Å². The molecule has 1 atom stereocenters. The molecular formula is C20H19Cl2FN4O. The van der Waals surface area contributed by atoms with Crippen LogP contribution in [-0.4, -0.2) is 15.8 Å². The molecule has 0 aliphatic carbocycles. The number of carbonyl (C=O) groups is 1. The van der Waals surface area contributed by atoms with E-state index in [1.54, 1.807) is 13.1 Å². The lowest BCUT2D eigenvalue weighted by Crippen LogP contribution is -2.36. The Balaban J connectivity index is 1.52. The number of hydrogen-bond acceptors (Lipinski definition) is 2. The van der Waals surface area contributed by atoms with Gasteiger partial charge < -0.3 is 10.6 Å². The van der Waals surface area contributed by atoms with Crippen molar-refractivity contribution in [3.63, 3.8) is 0 Å². The van der Waals surface area contributed by atoms with Crippen LogP contribution in [0.4, 0.5) is 9.18 Å². The molecule has 2 N–H and O–H groups in total. The van der Waals surface area contributed by atoms with E-state index in [9.17, 15) is 9.18 Å². The van der Waals surface area contributed by atoms with Gasteiger partial charge in [-0.05, 0) is 41.8 Å². The smallest absolute Gasteiger partial charge is 0.315 e. The van der Waals surface area contributed by atoms with Gasteiger partial charge in [0.1, 0.15) is 5.82 Å². The van der Waals surface area contributed by atoms with Crippen molar-refractivity contribution in [2.75, 3.05) is 0 Å². The second kappa shape index (κ2) is 9.08. The second-order valence-corrected chi connectivity index (χ2v) is 7.17. The molecule has 2 amide bonds. The van der Waals surface area contributed by atoms with Crippen molar-refractivity contribution in [3.8, 4) is 0 Å². The molecule has 1 unspecified atom stereocenters. The fraction of sp³-hybridized carbons (Fsp3) is 0.200. The molecule has 0 saturated carbocycles. The average molecular weight is 421 g/mol. The highest BCUT2D eigenvalue weighted by atomic mass is 35.5. The highest BCUT2D eigenvalue weighted by Crippen LogP contribution is 2.28. The van der Waals surface area contributed by atoms with Crippen LogP contribution >= 0.6 is 23.2 Å². The molecule has 28 heavy (non-hydrogen) atoms. The number of nitrogens with zero attached hydrogens (tertiary/aromatic N) is 2. The van der Waals surface area contributed by atoms with Gasteiger partial charge >= 0.3 is 6.03 Å². The van der Waals surface area contributed by atoms with Gasteiger partial charge in [0.25, 0.3) is 0 Å². The number of hydrogen-bond donors (Lipinski definition) is 2. The van der Waals surface area contributed by atoms with E-state index in [0.29, 0.717) is 23.7 Å². The molecule has 0 aliphatic rings. The summed E-state index contributed by atoms with van der Waals surface area (Å²) < 4.78 is 15.5. The largest absolute Gasteiger partial charge is 0.334 e. The van der Waals surface area contributed by atoms with Gasteiger partial charge in [0.05, 0.1) is 17.6 Å². The average Bonchev–Trinajstić information content (AvgIpc) is 3.17. The third kappa shape index (κ3) is 5.24. The van der Waals surface area contributed by atoms with E-state index in [1.165, 1.54) is 12.1 Å². The number of benzene rings is 2. The zero-order valence-electron chi connectivity index (χ0n) is 15.1. The minimum atomic E-state index is -0.578. The summed E-state index contributed by atoms with van der Waals surface area (Å²) >= 11 is 11.8. The SMILES string of the molecule is CC(NC(=O)NCc1ccc(Cn2cccn2)cc1)c1cc(F)c(Cl)cc1Cl. The number of halogens is 3. The third-order valence-corrected chi connectivity index (χ3v) is 4.85. The van der Waals surface area contributed by atoms with Crippen molar-refractivity contribution in [1.82, 2.24) is 20.4 Å². The zero-order valence-corrected chi connectivity index (χ0v) is 16.6. The minimum absolute atomic E-state index is 0.0543. The van der Waals surface area contributed by atoms with Gasteiger partial charge in [-0.3, -0.25) is 4.68 Å². The Kier molecular flexibility index (Phi) is 6.54. The van der Waals surface area contributed by atoms with Gasteiger partial charge in [-0.2, -0.15) is 5.10 Å². The zero-order chi connectivity index (χ0) is 20.1. The first-order valence-electron chi connectivity index (χ1n) is 8.66. The summed E-state index contributed by atoms with van der Waals surface area (Å²) in [6, 6.07) is 11.5. The number of urea groups is 1. The number of rotatable bonds is 6. The maximum Gasteiger partial charge on any atom is 0.315 e. The first kappa shape index (κ1) is 20.2. The lowest BCUT2D eigenvalue weighted by molar-refractivity contribution is 0.237. The Morgan fingerprint density at radius 1 is 1.18 bits per heavy atom. The molecular weight excluding hydrogens is 402 g/mol. The molecule has 0 fully saturated rings. The van der Waals surface area contributed by atoms with Crippen molar-refractivity contribution in [2.45, 2.75) is 26.1 Å². The van der Waals surface area contributed by atoms with Crippen LogP contribution in [0, 0.1) is 5.82 Å². The summed E-state index contributed by atoms with van der Waals surface area (Å²) in [5.41, 5.74) is 2.54. The molecule has 0 aliphatic heterocycles. The van der Waals surface area contributed by atoms with Gasteiger partial charge in [-0.15, -0.1) is 0 Å². The van der Waals surface area contributed by atoms with Crippen LogP contribution in [0.1, 0.15) is 29.7 Å². The normalized spacial score (nSPS) is 11.9. The minimum Gasteiger partial charge on any atom is -0.334 e. The molecule has 0 bridgehead atoms. The highest BCUT2D eigenvalue weighted by molar-refractivity contribution is 6.35. The van der Waals surface area contributed by atoms with Crippen molar-refractivity contribution in [1.29, 1.82) is 0 Å². The van der Waals surface area contributed by atoms with E-state index in [4.69, 9.17) is 23.2 Å². The second-order valence-electron chi connectivity index (χ2n) is 6.36. The number of nitrogens with one attached hydrogen (secondary N) is 2. The predicted octanol–water partition coefficient (Wildman–Crippen LogP) is 4.94. The Labute approximate surface area is 172 Å². The molecule has 2 aromatic carbocycles. The fourth-order valence-corrected chi connectivity index (χ4v) is 3.27. The quantitative estimate of drug-likeness (QED) is 0.554. The van der Waals surface area contributed by atoms with E-state index in [1.807, 2.05) is 41.2 Å². The maximum absolute atomic E-state index is 13.7. The molecule has 146 valence electrons. The Bertz CT molecular complexity index is 946. The van der Waals surface area contributed by atoms with Crippen molar-refractivity contribution in [3.05, 3.63) is 87.4 Å². The summed E-state index contributed by atoms with van der Waals surface area (Å²) in [4.78, 5) is 12.1. The molecule has 5 nitrogen and oxygen atoms in total. The summed E-state index contributed by atoms with van der Waals surface area (Å²) in [5, 5.41) is 9.94. The molecule has 1 aromatic heterocycles. The number of aromatic nitrogens is 2. The summed E-state index contributed by atoms with van der Waals surface area (Å²) in [6.07, 6.45) is 3.64. The number of carbonyl (C=O) groups excluding carboxylic acids is 1. The van der Waals surface area contributed by atoms with Crippen molar-refractivity contribution in [2.24, 2.45) is 0 Å². The van der Waals surface area contributed by atoms with E-state index < -0.39 is 11.9 Å². The van der Waals surface area contributed by atoms with Crippen LogP contribution in [0.25, 0.3) is 0 Å². The van der Waals surface area contributed by atoms with E-state index >= 15 is 0 Å². The van der Waals surface area contributed by atoms with Gasteiger partial charge in [-0.1, -0.05) is 47.5 Å². The lowest BCUT2D eigenvalue weighted by Gasteiger charge is -2.17. The van der Waals surface area contributed by atoms with E-state index in [2.05, 4.69) is 15.7 Å². The Morgan fingerprint density at radius 2 is 1.89 bits per heavy atom. The van der Waals surface area contributed by atoms with Gasteiger partial charge in [0.2, 0.25) is 0 Å². The first-order valence-corrected chi connectivity index (χ1v) is 9.42. The van der Waals surface area contributed by atoms with Crippen LogP contribution in [0.2, 0.25) is 10.0 Å². The maximum atomic E-state index is 13.7. The van der Waals surface area contributed by atoms with E-state index in [0.717, 1.165) is 11.1 Å². The van der Waals surface area contributed by atoms with Gasteiger partial charge in [0, 0.05) is 24.0 Å². The van der Waals surface area contributed by atoms with Crippen molar-refractivity contribution < 1.29 is 9.18 Å². The van der Waals surface area contributed by atoms with E-state index in [-0.39, 0.29) is 11.1 Å². The topological polar surface area (TPSA) is 59.0 Å². The molecule has 1 heterocycles. The molecule has 0 spiro atoms. The first-order chi connectivity index (χ1) is 13.4. The number of amides is 2.